The van der Waals surface area contributed by atoms with Crippen molar-refractivity contribution in [1.82, 2.24) is 10.2 Å². The molecule has 4 aromatic carbocycles. The number of carbonyl (C=O) groups is 2. The normalized spacial score (nSPS) is 14.4. The summed E-state index contributed by atoms with van der Waals surface area (Å²) in [4.78, 5) is 29.7. The Hall–Kier alpha value is -3.59. The van der Waals surface area contributed by atoms with E-state index >= 15 is 0 Å². The quantitative estimate of drug-likeness (QED) is 0.200. The number of anilines is 1. The minimum absolute atomic E-state index is 0.0355. The highest BCUT2D eigenvalue weighted by Crippen LogP contribution is 2.42. The highest BCUT2D eigenvalue weighted by molar-refractivity contribution is 7.93. The van der Waals surface area contributed by atoms with Gasteiger partial charge in [0, 0.05) is 36.9 Å². The van der Waals surface area contributed by atoms with Gasteiger partial charge in [-0.15, -0.1) is 0 Å². The number of nitrogens with zero attached hydrogens (tertiary/aromatic N) is 2. The second kappa shape index (κ2) is 12.8. The van der Waals surface area contributed by atoms with Crippen LogP contribution in [0.1, 0.15) is 44.7 Å². The largest absolute Gasteiger partial charge is 0.350 e. The van der Waals surface area contributed by atoms with Crippen molar-refractivity contribution in [3.63, 3.8) is 0 Å². The maximum Gasteiger partial charge on any atom is 0.265 e. The Balaban J connectivity index is 1.42. The molecule has 1 heterocycles. The Morgan fingerprint density at radius 3 is 2.27 bits per heavy atom. The van der Waals surface area contributed by atoms with Crippen LogP contribution in [-0.4, -0.2) is 43.3 Å². The predicted octanol–water partition coefficient (Wildman–Crippen LogP) is 6.99. The number of sulfonamides is 1. The summed E-state index contributed by atoms with van der Waals surface area (Å²) >= 11 is 12.5. The average Bonchev–Trinajstić information content (AvgIpc) is 3.19. The van der Waals surface area contributed by atoms with Crippen molar-refractivity contribution < 1.29 is 18.0 Å². The fraction of sp³-hybridized carbons (Fsp3) is 0.294. The number of benzene rings is 4. The molecule has 0 aromatic heterocycles. The zero-order valence-electron chi connectivity index (χ0n) is 24.9. The smallest absolute Gasteiger partial charge is 0.265 e. The maximum absolute atomic E-state index is 14.1. The maximum atomic E-state index is 14.1. The highest BCUT2D eigenvalue weighted by atomic mass is 35.5. The van der Waals surface area contributed by atoms with Crippen LogP contribution in [0.15, 0.2) is 89.8 Å². The summed E-state index contributed by atoms with van der Waals surface area (Å²) in [6.07, 6.45) is 0.598. The van der Waals surface area contributed by atoms with Crippen LogP contribution in [0.3, 0.4) is 0 Å². The summed E-state index contributed by atoms with van der Waals surface area (Å²) in [6.45, 7) is 5.93. The fourth-order valence-corrected chi connectivity index (χ4v) is 7.63. The van der Waals surface area contributed by atoms with Crippen molar-refractivity contribution in [1.29, 1.82) is 0 Å². The second-order valence-corrected chi connectivity index (χ2v) is 14.7. The molecule has 5 rings (SSSR count). The van der Waals surface area contributed by atoms with Gasteiger partial charge in [-0.25, -0.2) is 8.42 Å². The molecule has 0 aliphatic carbocycles. The topological polar surface area (TPSA) is 86.8 Å². The lowest BCUT2D eigenvalue weighted by atomic mass is 10.00. The predicted molar refractivity (Wildman–Crippen MR) is 177 cm³/mol. The Bertz CT molecular complexity index is 1800. The Morgan fingerprint density at radius 2 is 1.59 bits per heavy atom. The first-order valence-electron chi connectivity index (χ1n) is 14.5. The minimum Gasteiger partial charge on any atom is -0.350 e. The summed E-state index contributed by atoms with van der Waals surface area (Å²) in [7, 11) is -3.75. The molecule has 10 heteroatoms. The molecular formula is C34H35Cl2N3O4S. The summed E-state index contributed by atoms with van der Waals surface area (Å²) in [6, 6.07) is 24.6. The van der Waals surface area contributed by atoms with Gasteiger partial charge in [0.25, 0.3) is 10.0 Å². The van der Waals surface area contributed by atoms with E-state index in [0.717, 1.165) is 16.5 Å². The SMILES string of the molecule is CC(C)(C)NC(=O)C(Cc1ccccc1)N(Cc1ccc(Cl)c(Cl)c1)C(=O)CCCN1c2cccc3cccc(c23)S1(=O)=O. The highest BCUT2D eigenvalue weighted by Gasteiger charge is 2.36. The zero-order valence-corrected chi connectivity index (χ0v) is 27.2. The lowest BCUT2D eigenvalue weighted by molar-refractivity contribution is -0.142. The van der Waals surface area contributed by atoms with Gasteiger partial charge >= 0.3 is 0 Å². The molecular weight excluding hydrogens is 617 g/mol. The molecule has 2 amide bonds. The molecule has 0 saturated heterocycles. The Labute approximate surface area is 268 Å². The summed E-state index contributed by atoms with van der Waals surface area (Å²) < 4.78 is 28.3. The second-order valence-electron chi connectivity index (χ2n) is 12.0. The molecule has 1 aliphatic rings. The first-order valence-corrected chi connectivity index (χ1v) is 16.7. The van der Waals surface area contributed by atoms with E-state index in [2.05, 4.69) is 5.32 Å². The van der Waals surface area contributed by atoms with E-state index in [1.807, 2.05) is 69.3 Å². The van der Waals surface area contributed by atoms with Crippen LogP contribution in [0, 0.1) is 0 Å². The van der Waals surface area contributed by atoms with Crippen LogP contribution in [0.5, 0.6) is 0 Å². The molecule has 1 aliphatic heterocycles. The zero-order chi connectivity index (χ0) is 31.6. The first kappa shape index (κ1) is 31.8. The summed E-state index contributed by atoms with van der Waals surface area (Å²) in [5.41, 5.74) is 1.72. The van der Waals surface area contributed by atoms with Gasteiger partial charge < -0.3 is 10.2 Å². The molecule has 1 unspecified atom stereocenters. The third-order valence-corrected chi connectivity index (χ3v) is 10.1. The van der Waals surface area contributed by atoms with Crippen LogP contribution in [0.2, 0.25) is 10.0 Å². The van der Waals surface area contributed by atoms with E-state index < -0.39 is 21.6 Å². The van der Waals surface area contributed by atoms with Gasteiger partial charge in [0.15, 0.2) is 0 Å². The number of nitrogens with one attached hydrogen (secondary N) is 1. The third-order valence-electron chi connectivity index (χ3n) is 7.54. The molecule has 4 aromatic rings. The summed E-state index contributed by atoms with van der Waals surface area (Å²) in [5, 5.41) is 5.34. The minimum atomic E-state index is -3.75. The third kappa shape index (κ3) is 6.88. The molecule has 1 atom stereocenters. The van der Waals surface area contributed by atoms with Crippen molar-refractivity contribution >= 4 is 61.5 Å². The summed E-state index contributed by atoms with van der Waals surface area (Å²) in [5.74, 6) is -0.549. The standard InChI is InChI=1S/C34H35Cl2N3O4S/c1-34(2,3)37-33(41)29(21-23-10-5-4-6-11-23)38(22-24-17-18-26(35)27(36)20-24)31(40)16-9-19-39-28-14-7-12-25-13-8-15-30(32(25)28)44(39,42)43/h4-8,10-15,17-18,20,29H,9,16,19,21-22H2,1-3H3,(H,37,41). The van der Waals surface area contributed by atoms with E-state index in [1.165, 1.54) is 4.31 Å². The van der Waals surface area contributed by atoms with E-state index in [9.17, 15) is 18.0 Å². The fourth-order valence-electron chi connectivity index (χ4n) is 5.56. The van der Waals surface area contributed by atoms with Crippen LogP contribution in [0.4, 0.5) is 5.69 Å². The van der Waals surface area contributed by atoms with Crippen LogP contribution < -0.4 is 9.62 Å². The molecule has 0 bridgehead atoms. The first-order chi connectivity index (χ1) is 20.8. The number of amides is 2. The molecule has 0 fully saturated rings. The van der Waals surface area contributed by atoms with Crippen LogP contribution in [-0.2, 0) is 32.6 Å². The molecule has 44 heavy (non-hydrogen) atoms. The van der Waals surface area contributed by atoms with Crippen molar-refractivity contribution in [2.45, 2.75) is 63.1 Å². The molecule has 1 N–H and O–H groups in total. The van der Waals surface area contributed by atoms with Crippen molar-refractivity contribution in [3.05, 3.63) is 106 Å². The van der Waals surface area contributed by atoms with Gasteiger partial charge in [-0.05, 0) is 68.0 Å². The average molecular weight is 653 g/mol. The van der Waals surface area contributed by atoms with Crippen molar-refractivity contribution in [2.24, 2.45) is 0 Å². The van der Waals surface area contributed by atoms with Gasteiger partial charge in [0.1, 0.15) is 6.04 Å². The van der Waals surface area contributed by atoms with E-state index in [1.54, 1.807) is 41.3 Å². The lowest BCUT2D eigenvalue weighted by Crippen LogP contribution is -2.54. The van der Waals surface area contributed by atoms with Crippen LogP contribution in [0.25, 0.3) is 10.8 Å². The van der Waals surface area contributed by atoms with Gasteiger partial charge in [0.05, 0.1) is 20.6 Å². The Morgan fingerprint density at radius 1 is 0.886 bits per heavy atom. The number of carbonyl (C=O) groups excluding carboxylic acids is 2. The molecule has 7 nitrogen and oxygen atoms in total. The van der Waals surface area contributed by atoms with E-state index in [4.69, 9.17) is 23.2 Å². The van der Waals surface area contributed by atoms with E-state index in [0.29, 0.717) is 27.5 Å². The molecule has 0 saturated carbocycles. The number of halogens is 2. The van der Waals surface area contributed by atoms with Gasteiger partial charge in [-0.1, -0.05) is 83.9 Å². The number of rotatable bonds is 10. The molecule has 0 radical (unpaired) electrons. The van der Waals surface area contributed by atoms with Gasteiger partial charge in [-0.2, -0.15) is 0 Å². The van der Waals surface area contributed by atoms with Crippen LogP contribution >= 0.6 is 23.2 Å². The molecule has 230 valence electrons. The van der Waals surface area contributed by atoms with Gasteiger partial charge in [-0.3, -0.25) is 13.9 Å². The molecule has 0 spiro atoms. The Kier molecular flexibility index (Phi) is 9.25. The monoisotopic (exact) mass is 651 g/mol. The lowest BCUT2D eigenvalue weighted by Gasteiger charge is -2.34. The number of hydrogen-bond donors (Lipinski definition) is 1. The van der Waals surface area contributed by atoms with Crippen molar-refractivity contribution in [3.8, 4) is 0 Å². The number of hydrogen-bond acceptors (Lipinski definition) is 4. The van der Waals surface area contributed by atoms with E-state index in [-0.39, 0.29) is 42.6 Å². The van der Waals surface area contributed by atoms with Gasteiger partial charge in [0.2, 0.25) is 11.8 Å². The van der Waals surface area contributed by atoms with Crippen molar-refractivity contribution in [2.75, 3.05) is 10.8 Å².